The average molecular weight is 324 g/mol. The molecular formula is C15H24N4O4. The van der Waals surface area contributed by atoms with Crippen molar-refractivity contribution in [2.45, 2.75) is 33.3 Å². The van der Waals surface area contributed by atoms with Crippen molar-refractivity contribution in [2.24, 2.45) is 0 Å². The van der Waals surface area contributed by atoms with Crippen molar-refractivity contribution in [3.05, 3.63) is 28.3 Å². The Balaban J connectivity index is 2.58. The van der Waals surface area contributed by atoms with Gasteiger partial charge in [-0.15, -0.1) is 0 Å². The van der Waals surface area contributed by atoms with Crippen LogP contribution in [0.1, 0.15) is 27.7 Å². The fourth-order valence-corrected chi connectivity index (χ4v) is 1.86. The Morgan fingerprint density at radius 2 is 2.09 bits per heavy atom. The number of likely N-dealkylation sites (N-methyl/N-ethyl adjacent to an activating group) is 1. The summed E-state index contributed by atoms with van der Waals surface area (Å²) in [7, 11) is 0. The normalized spacial score (nSPS) is 11.0. The molecule has 0 saturated carbocycles. The van der Waals surface area contributed by atoms with Gasteiger partial charge < -0.3 is 20.7 Å². The first-order valence-electron chi connectivity index (χ1n) is 7.39. The molecule has 128 valence electrons. The molecule has 0 aliphatic heterocycles. The zero-order valence-electron chi connectivity index (χ0n) is 14.0. The van der Waals surface area contributed by atoms with Gasteiger partial charge in [-0.3, -0.25) is 10.1 Å². The van der Waals surface area contributed by atoms with Crippen LogP contribution in [0.4, 0.5) is 21.9 Å². The molecule has 0 aliphatic carbocycles. The van der Waals surface area contributed by atoms with Crippen LogP contribution in [0.5, 0.6) is 0 Å². The lowest BCUT2D eigenvalue weighted by atomic mass is 10.2. The van der Waals surface area contributed by atoms with Gasteiger partial charge in [0.05, 0.1) is 16.3 Å². The molecule has 1 aromatic carbocycles. The average Bonchev–Trinajstić information content (AvgIpc) is 2.42. The highest BCUT2D eigenvalue weighted by molar-refractivity contribution is 5.70. The maximum Gasteiger partial charge on any atom is 0.410 e. The molecule has 8 nitrogen and oxygen atoms in total. The number of nitrogens with zero attached hydrogens (tertiary/aromatic N) is 2. The summed E-state index contributed by atoms with van der Waals surface area (Å²) in [5.74, 6) is 0. The summed E-state index contributed by atoms with van der Waals surface area (Å²) in [4.78, 5) is 23.7. The lowest BCUT2D eigenvalue weighted by Crippen LogP contribution is -2.39. The number of nitrogens with one attached hydrogen (secondary N) is 1. The number of amides is 1. The highest BCUT2D eigenvalue weighted by Crippen LogP contribution is 2.23. The number of ether oxygens (including phenoxy) is 1. The van der Waals surface area contributed by atoms with Crippen LogP contribution in [0.25, 0.3) is 0 Å². The van der Waals surface area contributed by atoms with Crippen LogP contribution < -0.4 is 11.1 Å². The van der Waals surface area contributed by atoms with Crippen LogP contribution >= 0.6 is 0 Å². The molecular weight excluding hydrogens is 300 g/mol. The third-order valence-electron chi connectivity index (χ3n) is 2.98. The van der Waals surface area contributed by atoms with Crippen LogP contribution in [-0.2, 0) is 4.74 Å². The van der Waals surface area contributed by atoms with Gasteiger partial charge in [0.1, 0.15) is 5.60 Å². The number of hydrogen-bond acceptors (Lipinski definition) is 6. The topological polar surface area (TPSA) is 111 Å². The van der Waals surface area contributed by atoms with E-state index >= 15 is 0 Å². The summed E-state index contributed by atoms with van der Waals surface area (Å²) in [6.07, 6.45) is -0.376. The molecule has 0 aliphatic rings. The fraction of sp³-hybridized carbons (Fsp3) is 0.533. The molecule has 0 heterocycles. The Hall–Kier alpha value is -2.51. The monoisotopic (exact) mass is 324 g/mol. The third kappa shape index (κ3) is 6.01. The van der Waals surface area contributed by atoms with E-state index in [2.05, 4.69) is 5.32 Å². The minimum absolute atomic E-state index is 0.0583. The molecule has 8 heteroatoms. The fourth-order valence-electron chi connectivity index (χ4n) is 1.86. The van der Waals surface area contributed by atoms with Crippen molar-refractivity contribution in [2.75, 3.05) is 30.7 Å². The van der Waals surface area contributed by atoms with Crippen molar-refractivity contribution in [3.63, 3.8) is 0 Å². The highest BCUT2D eigenvalue weighted by atomic mass is 16.6. The van der Waals surface area contributed by atoms with E-state index in [9.17, 15) is 14.9 Å². The molecule has 0 fully saturated rings. The number of nitro groups is 1. The SMILES string of the molecule is CCN(CCNc1ccc([N+](=O)[O-])cc1N)C(=O)OC(C)(C)C. The van der Waals surface area contributed by atoms with Crippen LogP contribution in [0.3, 0.4) is 0 Å². The maximum absolute atomic E-state index is 12.0. The molecule has 0 spiro atoms. The van der Waals surface area contributed by atoms with Gasteiger partial charge in [0.15, 0.2) is 0 Å². The molecule has 0 saturated heterocycles. The number of nitro benzene ring substituents is 1. The van der Waals surface area contributed by atoms with E-state index in [-0.39, 0.29) is 11.8 Å². The van der Waals surface area contributed by atoms with Crippen LogP contribution in [0.2, 0.25) is 0 Å². The highest BCUT2D eigenvalue weighted by Gasteiger charge is 2.20. The number of carbonyl (C=O) groups excluding carboxylic acids is 1. The number of nitrogens with two attached hydrogens (primary N) is 1. The van der Waals surface area contributed by atoms with Gasteiger partial charge in [-0.1, -0.05) is 0 Å². The van der Waals surface area contributed by atoms with E-state index in [1.54, 1.807) is 11.0 Å². The number of nitrogen functional groups attached to an aromatic ring is 1. The largest absolute Gasteiger partial charge is 0.444 e. The predicted octanol–water partition coefficient (Wildman–Crippen LogP) is 2.85. The molecule has 3 N–H and O–H groups in total. The van der Waals surface area contributed by atoms with Crippen molar-refractivity contribution in [1.82, 2.24) is 4.90 Å². The Bertz CT molecular complexity index is 569. The van der Waals surface area contributed by atoms with Gasteiger partial charge in [0.25, 0.3) is 5.69 Å². The van der Waals surface area contributed by atoms with Crippen molar-refractivity contribution in [1.29, 1.82) is 0 Å². The summed E-state index contributed by atoms with van der Waals surface area (Å²) >= 11 is 0. The first kappa shape index (κ1) is 18.5. The molecule has 0 bridgehead atoms. The van der Waals surface area contributed by atoms with Gasteiger partial charge in [0, 0.05) is 31.8 Å². The zero-order chi connectivity index (χ0) is 17.6. The molecule has 1 amide bonds. The Morgan fingerprint density at radius 3 is 2.57 bits per heavy atom. The quantitative estimate of drug-likeness (QED) is 0.473. The first-order valence-corrected chi connectivity index (χ1v) is 7.39. The van der Waals surface area contributed by atoms with E-state index in [4.69, 9.17) is 10.5 Å². The summed E-state index contributed by atoms with van der Waals surface area (Å²) in [6, 6.07) is 4.23. The van der Waals surface area contributed by atoms with Crippen LogP contribution in [0, 0.1) is 10.1 Å². The number of anilines is 2. The number of rotatable bonds is 6. The van der Waals surface area contributed by atoms with E-state index in [0.29, 0.717) is 31.0 Å². The molecule has 1 aromatic rings. The second-order valence-corrected chi connectivity index (χ2v) is 6.02. The second-order valence-electron chi connectivity index (χ2n) is 6.02. The zero-order valence-corrected chi connectivity index (χ0v) is 14.0. The van der Waals surface area contributed by atoms with Gasteiger partial charge in [0.2, 0.25) is 0 Å². The first-order chi connectivity index (χ1) is 10.6. The molecule has 23 heavy (non-hydrogen) atoms. The van der Waals surface area contributed by atoms with Gasteiger partial charge in [-0.2, -0.15) is 0 Å². The van der Waals surface area contributed by atoms with E-state index in [0.717, 1.165) is 0 Å². The lowest BCUT2D eigenvalue weighted by Gasteiger charge is -2.26. The molecule has 0 unspecified atom stereocenters. The standard InChI is InChI=1S/C15H24N4O4/c1-5-18(14(20)23-15(2,3)4)9-8-17-13-7-6-11(19(21)22)10-12(13)16/h6-7,10,17H,5,8-9,16H2,1-4H3. The maximum atomic E-state index is 12.0. The molecule has 0 aromatic heterocycles. The van der Waals surface area contributed by atoms with Crippen molar-refractivity contribution in [3.8, 4) is 0 Å². The van der Waals surface area contributed by atoms with E-state index < -0.39 is 10.5 Å². The summed E-state index contributed by atoms with van der Waals surface area (Å²) in [6.45, 7) is 8.71. The lowest BCUT2D eigenvalue weighted by molar-refractivity contribution is -0.384. The molecule has 0 radical (unpaired) electrons. The van der Waals surface area contributed by atoms with Gasteiger partial charge >= 0.3 is 6.09 Å². The summed E-state index contributed by atoms with van der Waals surface area (Å²) in [5, 5.41) is 13.7. The van der Waals surface area contributed by atoms with E-state index in [1.807, 2.05) is 27.7 Å². The third-order valence-corrected chi connectivity index (χ3v) is 2.98. The van der Waals surface area contributed by atoms with E-state index in [1.165, 1.54) is 12.1 Å². The van der Waals surface area contributed by atoms with Gasteiger partial charge in [-0.05, 0) is 33.8 Å². The van der Waals surface area contributed by atoms with Crippen LogP contribution in [0.15, 0.2) is 18.2 Å². The minimum atomic E-state index is -0.541. The Labute approximate surface area is 135 Å². The smallest absolute Gasteiger partial charge is 0.410 e. The molecule has 1 rings (SSSR count). The number of carbonyl (C=O) groups is 1. The number of benzene rings is 1. The van der Waals surface area contributed by atoms with Crippen molar-refractivity contribution >= 4 is 23.2 Å². The van der Waals surface area contributed by atoms with Gasteiger partial charge in [-0.25, -0.2) is 4.79 Å². The number of non-ortho nitro benzene ring substituents is 1. The Kier molecular flexibility index (Phi) is 6.18. The minimum Gasteiger partial charge on any atom is -0.444 e. The van der Waals surface area contributed by atoms with Crippen LogP contribution in [-0.4, -0.2) is 41.2 Å². The number of hydrogen-bond donors (Lipinski definition) is 2. The summed E-state index contributed by atoms with van der Waals surface area (Å²) < 4.78 is 5.32. The molecule has 0 atom stereocenters. The second kappa shape index (κ2) is 7.66. The van der Waals surface area contributed by atoms with Crippen molar-refractivity contribution < 1.29 is 14.5 Å². The summed E-state index contributed by atoms with van der Waals surface area (Å²) in [5.41, 5.74) is 6.06. The Morgan fingerprint density at radius 1 is 1.43 bits per heavy atom. The predicted molar refractivity (Wildman–Crippen MR) is 89.5 cm³/mol.